The third-order valence-electron chi connectivity index (χ3n) is 5.88. The number of aryl methyl sites for hydroxylation is 2. The van der Waals surface area contributed by atoms with E-state index in [1.807, 2.05) is 9.58 Å². The van der Waals surface area contributed by atoms with E-state index in [-0.39, 0.29) is 5.91 Å². The van der Waals surface area contributed by atoms with Gasteiger partial charge in [-0.15, -0.1) is 5.10 Å². The van der Waals surface area contributed by atoms with Gasteiger partial charge in [0.15, 0.2) is 5.69 Å². The molecule has 7 heteroatoms. The molecule has 1 N–H and O–H groups in total. The summed E-state index contributed by atoms with van der Waals surface area (Å²) >= 11 is 0. The number of nitrogens with one attached hydrogen (secondary N) is 1. The molecule has 2 aromatic heterocycles. The summed E-state index contributed by atoms with van der Waals surface area (Å²) in [4.78, 5) is 15.1. The van der Waals surface area contributed by atoms with Crippen LogP contribution in [0.5, 0.6) is 0 Å². The van der Waals surface area contributed by atoms with Crippen LogP contribution in [0.25, 0.3) is 0 Å². The molecule has 0 radical (unpaired) electrons. The van der Waals surface area contributed by atoms with E-state index >= 15 is 0 Å². The lowest BCUT2D eigenvalue weighted by Gasteiger charge is -2.32. The number of likely N-dealkylation sites (tertiary alicyclic amines) is 1. The predicted molar refractivity (Wildman–Crippen MR) is 102 cm³/mol. The fraction of sp³-hybridized carbons (Fsp3) is 0.700. The molecule has 1 atom stereocenters. The van der Waals surface area contributed by atoms with Crippen LogP contribution in [0.2, 0.25) is 0 Å². The van der Waals surface area contributed by atoms with Gasteiger partial charge in [-0.1, -0.05) is 18.6 Å². The molecule has 0 saturated carbocycles. The fourth-order valence-electron chi connectivity index (χ4n) is 4.37. The summed E-state index contributed by atoms with van der Waals surface area (Å²) in [5, 5.41) is 16.0. The number of unbranched alkanes of at least 4 members (excludes halogenated alkanes) is 1. The van der Waals surface area contributed by atoms with E-state index in [1.165, 1.54) is 18.5 Å². The quantitative estimate of drug-likeness (QED) is 0.848. The van der Waals surface area contributed by atoms with E-state index in [0.717, 1.165) is 75.8 Å². The number of fused-ring (bicyclic) bond motifs is 1. The molecular weight excluding hydrogens is 340 g/mol. The second kappa shape index (κ2) is 8.23. The molecule has 1 saturated heterocycles. The largest absolute Gasteiger partial charge is 0.337 e. The van der Waals surface area contributed by atoms with Gasteiger partial charge in [-0.2, -0.15) is 5.10 Å². The van der Waals surface area contributed by atoms with Gasteiger partial charge in [0.1, 0.15) is 0 Å². The van der Waals surface area contributed by atoms with E-state index in [1.54, 1.807) is 0 Å². The summed E-state index contributed by atoms with van der Waals surface area (Å²) in [5.74, 6) is 0.527. The minimum atomic E-state index is 0.0984. The Kier molecular flexibility index (Phi) is 5.55. The number of amides is 1. The minimum Gasteiger partial charge on any atom is -0.337 e. The molecule has 1 aliphatic heterocycles. The molecule has 0 aromatic carbocycles. The number of rotatable bonds is 6. The van der Waals surface area contributed by atoms with Crippen LogP contribution in [-0.4, -0.2) is 49.1 Å². The summed E-state index contributed by atoms with van der Waals surface area (Å²) in [6.45, 7) is 4.64. The highest BCUT2D eigenvalue weighted by Crippen LogP contribution is 2.25. The number of aromatic amines is 1. The molecule has 0 bridgehead atoms. The first kappa shape index (κ1) is 18.2. The van der Waals surface area contributed by atoms with Crippen molar-refractivity contribution in [2.75, 3.05) is 13.1 Å². The molecule has 1 fully saturated rings. The van der Waals surface area contributed by atoms with E-state index in [4.69, 9.17) is 0 Å². The predicted octanol–water partition coefficient (Wildman–Crippen LogP) is 2.78. The molecule has 7 nitrogen and oxygen atoms in total. The van der Waals surface area contributed by atoms with Crippen molar-refractivity contribution < 1.29 is 4.79 Å². The van der Waals surface area contributed by atoms with E-state index in [0.29, 0.717) is 11.6 Å². The van der Waals surface area contributed by atoms with Crippen molar-refractivity contribution >= 4 is 5.91 Å². The van der Waals surface area contributed by atoms with Crippen LogP contribution in [-0.2, 0) is 25.8 Å². The maximum Gasteiger partial charge on any atom is 0.274 e. The van der Waals surface area contributed by atoms with Gasteiger partial charge in [0.05, 0.1) is 5.69 Å². The Labute approximate surface area is 160 Å². The third-order valence-corrected chi connectivity index (χ3v) is 5.88. The van der Waals surface area contributed by atoms with Crippen molar-refractivity contribution in [3.63, 3.8) is 0 Å². The Hall–Kier alpha value is -2.18. The third kappa shape index (κ3) is 4.06. The van der Waals surface area contributed by atoms with Gasteiger partial charge >= 0.3 is 0 Å². The molecule has 27 heavy (non-hydrogen) atoms. The van der Waals surface area contributed by atoms with Crippen LogP contribution in [0.3, 0.4) is 0 Å². The minimum absolute atomic E-state index is 0.0984. The number of nitrogens with zero attached hydrogens (tertiary/aromatic N) is 5. The lowest BCUT2D eigenvalue weighted by molar-refractivity contribution is 0.0652. The first-order valence-electron chi connectivity index (χ1n) is 10.5. The van der Waals surface area contributed by atoms with Crippen LogP contribution in [0.15, 0.2) is 6.20 Å². The first-order chi connectivity index (χ1) is 13.2. The van der Waals surface area contributed by atoms with Gasteiger partial charge in [-0.05, 0) is 57.3 Å². The Bertz CT molecular complexity index is 779. The summed E-state index contributed by atoms with van der Waals surface area (Å²) in [6.07, 6.45) is 11.9. The summed E-state index contributed by atoms with van der Waals surface area (Å²) in [5.41, 5.74) is 4.06. The molecule has 4 rings (SSSR count). The number of carbonyl (C=O) groups excluding carboxylic acids is 1. The highest BCUT2D eigenvalue weighted by molar-refractivity contribution is 5.94. The van der Waals surface area contributed by atoms with Crippen molar-refractivity contribution in [2.45, 2.75) is 71.3 Å². The van der Waals surface area contributed by atoms with Gasteiger partial charge in [-0.25, -0.2) is 0 Å². The topological polar surface area (TPSA) is 79.7 Å². The molecule has 1 amide bonds. The number of carbonyl (C=O) groups is 1. The molecule has 0 unspecified atom stereocenters. The Morgan fingerprint density at radius 2 is 2.19 bits per heavy atom. The normalized spacial score (nSPS) is 19.9. The van der Waals surface area contributed by atoms with Gasteiger partial charge in [-0.3, -0.25) is 14.6 Å². The van der Waals surface area contributed by atoms with Crippen LogP contribution in [0.1, 0.15) is 72.9 Å². The first-order valence-corrected chi connectivity index (χ1v) is 10.5. The lowest BCUT2D eigenvalue weighted by atomic mass is 9.94. The Balaban J connectivity index is 1.38. The molecule has 0 spiro atoms. The Morgan fingerprint density at radius 1 is 1.30 bits per heavy atom. The summed E-state index contributed by atoms with van der Waals surface area (Å²) in [6, 6.07) is 0. The highest BCUT2D eigenvalue weighted by atomic mass is 16.2. The van der Waals surface area contributed by atoms with E-state index < -0.39 is 0 Å². The molecular formula is C20H30N6O. The maximum absolute atomic E-state index is 13.1. The second-order valence-electron chi connectivity index (χ2n) is 8.03. The van der Waals surface area contributed by atoms with Gasteiger partial charge in [0.2, 0.25) is 0 Å². The standard InChI is InChI=1S/C20H30N6O/c1-2-3-8-16-14-26(24-21-16)13-15-7-6-11-25(12-15)20(27)19-17-9-4-5-10-18(17)22-23-19/h14-15H,2-13H2,1H3,(H,22,23)/t15-/m1/s1. The van der Waals surface area contributed by atoms with Crippen molar-refractivity contribution in [3.05, 3.63) is 28.8 Å². The van der Waals surface area contributed by atoms with Crippen molar-refractivity contribution in [1.82, 2.24) is 30.1 Å². The van der Waals surface area contributed by atoms with Crippen LogP contribution in [0, 0.1) is 5.92 Å². The van der Waals surface area contributed by atoms with E-state index in [2.05, 4.69) is 33.6 Å². The number of hydrogen-bond acceptors (Lipinski definition) is 4. The molecule has 1 aliphatic carbocycles. The van der Waals surface area contributed by atoms with Crippen molar-refractivity contribution in [1.29, 1.82) is 0 Å². The smallest absolute Gasteiger partial charge is 0.274 e. The maximum atomic E-state index is 13.1. The molecule has 2 aromatic rings. The van der Waals surface area contributed by atoms with Gasteiger partial charge < -0.3 is 4.90 Å². The number of piperidine rings is 1. The second-order valence-corrected chi connectivity index (χ2v) is 8.03. The van der Waals surface area contributed by atoms with Crippen molar-refractivity contribution in [2.24, 2.45) is 5.92 Å². The molecule has 2 aliphatic rings. The van der Waals surface area contributed by atoms with Crippen molar-refractivity contribution in [3.8, 4) is 0 Å². The SMILES string of the molecule is CCCCc1cn(C[C@@H]2CCCN(C(=O)c3n[nH]c4c3CCCC4)C2)nn1. The highest BCUT2D eigenvalue weighted by Gasteiger charge is 2.29. The monoisotopic (exact) mass is 370 g/mol. The summed E-state index contributed by atoms with van der Waals surface area (Å²) < 4.78 is 1.96. The van der Waals surface area contributed by atoms with E-state index in [9.17, 15) is 4.79 Å². The van der Waals surface area contributed by atoms with Crippen LogP contribution < -0.4 is 0 Å². The molecule has 146 valence electrons. The van der Waals surface area contributed by atoms with Crippen LogP contribution >= 0.6 is 0 Å². The zero-order valence-corrected chi connectivity index (χ0v) is 16.3. The zero-order valence-electron chi connectivity index (χ0n) is 16.3. The zero-order chi connectivity index (χ0) is 18.6. The molecule has 3 heterocycles. The average molecular weight is 371 g/mol. The lowest BCUT2D eigenvalue weighted by Crippen LogP contribution is -2.41. The number of hydrogen-bond donors (Lipinski definition) is 1. The van der Waals surface area contributed by atoms with Crippen LogP contribution in [0.4, 0.5) is 0 Å². The Morgan fingerprint density at radius 3 is 3.07 bits per heavy atom. The average Bonchev–Trinajstić information content (AvgIpc) is 3.33. The fourth-order valence-corrected chi connectivity index (χ4v) is 4.37. The number of aromatic nitrogens is 5. The summed E-state index contributed by atoms with van der Waals surface area (Å²) in [7, 11) is 0. The van der Waals surface area contributed by atoms with Gasteiger partial charge in [0.25, 0.3) is 5.91 Å². The number of H-pyrrole nitrogens is 1. The van der Waals surface area contributed by atoms with Gasteiger partial charge in [0, 0.05) is 37.1 Å².